The number of allylic oxidation sites excluding steroid dienone is 4. The van der Waals surface area contributed by atoms with Gasteiger partial charge in [-0.15, -0.1) is 0 Å². The minimum absolute atomic E-state index is 0.105. The van der Waals surface area contributed by atoms with E-state index in [1.807, 2.05) is 42.5 Å². The number of furan rings is 1. The van der Waals surface area contributed by atoms with Gasteiger partial charge in [-0.05, 0) is 94.1 Å². The largest absolute Gasteiger partial charge is 0.456 e. The first kappa shape index (κ1) is 40.7. The molecule has 0 N–H and O–H groups in total. The van der Waals surface area contributed by atoms with Crippen LogP contribution in [0.1, 0.15) is 43.1 Å². The van der Waals surface area contributed by atoms with Crippen LogP contribution >= 0.6 is 0 Å². The molecular weight excluding hydrogens is 879 g/mol. The molecule has 9 aromatic carbocycles. The number of fused-ring (bicyclic) bond motifs is 12. The van der Waals surface area contributed by atoms with E-state index in [0.29, 0.717) is 18.1 Å². The fourth-order valence-corrected chi connectivity index (χ4v) is 12.0. The molecule has 13 aromatic rings. The molecule has 0 spiro atoms. The predicted octanol–water partition coefficient (Wildman–Crippen LogP) is 16.9. The Labute approximate surface area is 415 Å². The highest BCUT2D eigenvalue weighted by molar-refractivity contribution is 6.19. The third kappa shape index (κ3) is 6.12. The van der Waals surface area contributed by atoms with E-state index in [0.717, 1.165) is 72.4 Å². The van der Waals surface area contributed by atoms with Crippen molar-refractivity contribution in [2.75, 3.05) is 0 Å². The Bertz CT molecular complexity index is 4380. The minimum Gasteiger partial charge on any atom is -0.456 e. The Morgan fingerprint density at radius 2 is 1.08 bits per heavy atom. The van der Waals surface area contributed by atoms with Crippen molar-refractivity contribution in [3.05, 3.63) is 235 Å². The van der Waals surface area contributed by atoms with Crippen LogP contribution in [-0.4, -0.2) is 24.1 Å². The Hall–Kier alpha value is -9.13. The second kappa shape index (κ2) is 15.4. The van der Waals surface area contributed by atoms with E-state index in [1.165, 1.54) is 54.8 Å². The molecule has 0 aliphatic heterocycles. The van der Waals surface area contributed by atoms with Crippen molar-refractivity contribution in [3.8, 4) is 50.7 Å². The average molecular weight is 924 g/mol. The van der Waals surface area contributed by atoms with Crippen molar-refractivity contribution in [2.45, 2.75) is 31.6 Å². The van der Waals surface area contributed by atoms with Gasteiger partial charge in [-0.2, -0.15) is 0 Å². The molecule has 2 aliphatic rings. The van der Waals surface area contributed by atoms with Crippen LogP contribution in [0, 0.1) is 0 Å². The molecule has 2 aliphatic carbocycles. The zero-order chi connectivity index (χ0) is 47.7. The first-order valence-electron chi connectivity index (χ1n) is 24.9. The molecule has 72 heavy (non-hydrogen) atoms. The molecule has 0 fully saturated rings. The zero-order valence-electron chi connectivity index (χ0n) is 39.7. The van der Waals surface area contributed by atoms with E-state index in [-0.39, 0.29) is 11.3 Å². The van der Waals surface area contributed by atoms with Crippen LogP contribution in [-0.2, 0) is 5.41 Å². The van der Waals surface area contributed by atoms with Crippen molar-refractivity contribution in [2.24, 2.45) is 0 Å². The summed E-state index contributed by atoms with van der Waals surface area (Å²) < 4.78 is 11.5. The van der Waals surface area contributed by atoms with E-state index in [2.05, 4.69) is 199 Å². The van der Waals surface area contributed by atoms with Crippen LogP contribution in [0.25, 0.3) is 122 Å². The number of hydrogen-bond donors (Lipinski definition) is 0. The molecule has 0 amide bonds. The molecule has 4 heterocycles. The molecule has 6 heteroatoms. The third-order valence-corrected chi connectivity index (χ3v) is 15.5. The Kier molecular flexibility index (Phi) is 8.73. The predicted molar refractivity (Wildman–Crippen MR) is 296 cm³/mol. The van der Waals surface area contributed by atoms with Crippen molar-refractivity contribution in [3.63, 3.8) is 0 Å². The van der Waals surface area contributed by atoms with Crippen LogP contribution in [0.4, 0.5) is 0 Å². The molecule has 0 bridgehead atoms. The summed E-state index contributed by atoms with van der Waals surface area (Å²) in [6, 6.07) is 72.1. The Morgan fingerprint density at radius 1 is 0.444 bits per heavy atom. The molecule has 0 radical (unpaired) electrons. The lowest BCUT2D eigenvalue weighted by Crippen LogP contribution is -2.14. The summed E-state index contributed by atoms with van der Waals surface area (Å²) in [4.78, 5) is 15.4. The van der Waals surface area contributed by atoms with E-state index >= 15 is 0 Å². The third-order valence-electron chi connectivity index (χ3n) is 15.5. The summed E-state index contributed by atoms with van der Waals surface area (Å²) in [5.41, 5.74) is 18.2. The SMILES string of the molecule is CC1(C)c2ccccc2-c2cc3c4cc(-c5ccc6c7cc8c(cc7n(C7=CC=CC(c9nc(-c%10ccccc%10)nc(-c%10ccccc%10)n9)C7)c6c5)oc5ccccc58)ccc4n(-c4ccccc4)c3cc21. The van der Waals surface area contributed by atoms with Crippen LogP contribution in [0.2, 0.25) is 0 Å². The summed E-state index contributed by atoms with van der Waals surface area (Å²) in [5.74, 6) is 1.97. The summed E-state index contributed by atoms with van der Waals surface area (Å²) in [6.07, 6.45) is 7.34. The van der Waals surface area contributed by atoms with Crippen molar-refractivity contribution >= 4 is 71.2 Å². The van der Waals surface area contributed by atoms with Gasteiger partial charge in [-0.25, -0.2) is 15.0 Å². The van der Waals surface area contributed by atoms with Gasteiger partial charge in [-0.1, -0.05) is 166 Å². The highest BCUT2D eigenvalue weighted by Gasteiger charge is 2.36. The lowest BCUT2D eigenvalue weighted by atomic mass is 9.82. The molecule has 0 saturated heterocycles. The highest BCUT2D eigenvalue weighted by atomic mass is 16.3. The zero-order valence-corrected chi connectivity index (χ0v) is 39.7. The van der Waals surface area contributed by atoms with Crippen LogP contribution < -0.4 is 0 Å². The number of nitrogens with zero attached hydrogens (tertiary/aromatic N) is 5. The van der Waals surface area contributed by atoms with Gasteiger partial charge < -0.3 is 13.6 Å². The van der Waals surface area contributed by atoms with Crippen molar-refractivity contribution in [1.82, 2.24) is 24.1 Å². The van der Waals surface area contributed by atoms with Crippen LogP contribution in [0.15, 0.2) is 223 Å². The number of para-hydroxylation sites is 2. The first-order valence-corrected chi connectivity index (χ1v) is 24.9. The van der Waals surface area contributed by atoms with Crippen molar-refractivity contribution < 1.29 is 4.42 Å². The topological polar surface area (TPSA) is 61.7 Å². The Morgan fingerprint density at radius 3 is 1.88 bits per heavy atom. The van der Waals surface area contributed by atoms with E-state index in [1.54, 1.807) is 0 Å². The summed E-state index contributed by atoms with van der Waals surface area (Å²) in [6.45, 7) is 4.73. The number of rotatable bonds is 6. The maximum absolute atomic E-state index is 6.59. The lowest BCUT2D eigenvalue weighted by Gasteiger charge is -2.21. The summed E-state index contributed by atoms with van der Waals surface area (Å²) >= 11 is 0. The number of benzene rings is 9. The normalized spacial score (nSPS) is 15.0. The summed E-state index contributed by atoms with van der Waals surface area (Å²) in [7, 11) is 0. The van der Waals surface area contributed by atoms with Gasteiger partial charge in [0.25, 0.3) is 0 Å². The smallest absolute Gasteiger partial charge is 0.163 e. The molecular formula is C66H45N5O. The quantitative estimate of drug-likeness (QED) is 0.167. The maximum Gasteiger partial charge on any atom is 0.163 e. The van der Waals surface area contributed by atoms with Gasteiger partial charge in [0.1, 0.15) is 17.0 Å². The van der Waals surface area contributed by atoms with Gasteiger partial charge in [0.2, 0.25) is 0 Å². The molecule has 1 unspecified atom stereocenters. The standard InChI is InChI=1S/C66H45N5O/c1-66(2)55-27-14-12-25-47(55)50-36-53-51-34-42(30-32-57(51)70(59(53)38-56(50)66)45-22-10-5-11-23-45)43-29-31-48-52-37-54-49-26-13-15-28-61(49)72-62(54)39-60(52)71(58(48)35-43)46-24-16-21-44(33-46)65-68-63(40-17-6-3-7-18-40)67-64(69-65)41-19-8-4-9-20-41/h3-32,34-39,44H,33H2,1-2H3. The van der Waals surface area contributed by atoms with E-state index in [9.17, 15) is 0 Å². The van der Waals surface area contributed by atoms with Crippen LogP contribution in [0.5, 0.6) is 0 Å². The first-order chi connectivity index (χ1) is 35.4. The molecule has 340 valence electrons. The van der Waals surface area contributed by atoms with Gasteiger partial charge >= 0.3 is 0 Å². The number of hydrogen-bond acceptors (Lipinski definition) is 4. The highest BCUT2D eigenvalue weighted by Crippen LogP contribution is 2.51. The monoisotopic (exact) mass is 923 g/mol. The number of aromatic nitrogens is 5. The molecule has 15 rings (SSSR count). The van der Waals surface area contributed by atoms with Gasteiger partial charge in [-0.3, -0.25) is 0 Å². The molecule has 6 nitrogen and oxygen atoms in total. The fraction of sp³-hybridized carbons (Fsp3) is 0.0758. The maximum atomic E-state index is 6.59. The van der Waals surface area contributed by atoms with Gasteiger partial charge in [0.15, 0.2) is 11.6 Å². The van der Waals surface area contributed by atoms with Crippen molar-refractivity contribution in [1.29, 1.82) is 0 Å². The van der Waals surface area contributed by atoms with Gasteiger partial charge in [0, 0.05) is 78.6 Å². The second-order valence-corrected chi connectivity index (χ2v) is 19.9. The molecule has 0 saturated carbocycles. The van der Waals surface area contributed by atoms with E-state index in [4.69, 9.17) is 19.4 Å². The van der Waals surface area contributed by atoms with E-state index < -0.39 is 0 Å². The Balaban J connectivity index is 0.917. The fourth-order valence-electron chi connectivity index (χ4n) is 12.0. The van der Waals surface area contributed by atoms with Gasteiger partial charge in [0.05, 0.1) is 22.1 Å². The molecule has 1 atom stereocenters. The molecule has 4 aromatic heterocycles. The lowest BCUT2D eigenvalue weighted by molar-refractivity contribution is 0.661. The second-order valence-electron chi connectivity index (χ2n) is 19.9. The minimum atomic E-state index is -0.113. The van der Waals surface area contributed by atoms with Crippen LogP contribution in [0.3, 0.4) is 0 Å². The summed E-state index contributed by atoms with van der Waals surface area (Å²) in [5, 5.41) is 7.08. The average Bonchev–Trinajstić information content (AvgIpc) is 4.14.